The molecule has 25 heavy (non-hydrogen) atoms. The number of halogens is 2. The number of carbonyl (C=O) groups excluding carboxylic acids is 1. The van der Waals surface area contributed by atoms with Gasteiger partial charge in [-0.05, 0) is 31.0 Å². The van der Waals surface area contributed by atoms with Crippen LogP contribution in [0.2, 0.25) is 0 Å². The fraction of sp³-hybridized carbons (Fsp3) is 0.412. The Morgan fingerprint density at radius 2 is 2.08 bits per heavy atom. The van der Waals surface area contributed by atoms with Crippen molar-refractivity contribution in [3.63, 3.8) is 0 Å². The van der Waals surface area contributed by atoms with Gasteiger partial charge in [-0.1, -0.05) is 6.07 Å². The van der Waals surface area contributed by atoms with Crippen LogP contribution < -0.4 is 11.0 Å². The summed E-state index contributed by atoms with van der Waals surface area (Å²) in [6.45, 7) is 0.885. The molecule has 1 saturated heterocycles. The Hall–Kier alpha value is -2.48. The highest BCUT2D eigenvalue weighted by Gasteiger charge is 2.23. The first-order valence-corrected chi connectivity index (χ1v) is 8.21. The number of hydrogen-bond acceptors (Lipinski definition) is 3. The van der Waals surface area contributed by atoms with Crippen LogP contribution in [0.4, 0.5) is 8.78 Å². The minimum absolute atomic E-state index is 0.0277. The molecule has 134 valence electrons. The van der Waals surface area contributed by atoms with E-state index < -0.39 is 6.43 Å². The molecule has 0 aliphatic carbocycles. The maximum Gasteiger partial charge on any atom is 0.330 e. The molecular weight excluding hydrogens is 330 g/mol. The van der Waals surface area contributed by atoms with Crippen LogP contribution >= 0.6 is 0 Å². The topological polar surface area (TPSA) is 70.1 Å². The molecule has 1 amide bonds. The number of H-pyrrole nitrogens is 1. The SMILES string of the molecule is O=C(NC1CCN(CC(F)F)CC1)c1cccc(-n2cc[nH]c2=O)c1. The summed E-state index contributed by atoms with van der Waals surface area (Å²) in [5.41, 5.74) is 0.787. The van der Waals surface area contributed by atoms with Gasteiger partial charge in [-0.3, -0.25) is 14.3 Å². The van der Waals surface area contributed by atoms with Gasteiger partial charge in [-0.25, -0.2) is 13.6 Å². The fourth-order valence-corrected chi connectivity index (χ4v) is 3.04. The first-order chi connectivity index (χ1) is 12.0. The zero-order valence-corrected chi connectivity index (χ0v) is 13.6. The highest BCUT2D eigenvalue weighted by molar-refractivity contribution is 5.94. The fourth-order valence-electron chi connectivity index (χ4n) is 3.04. The van der Waals surface area contributed by atoms with Crippen molar-refractivity contribution in [1.29, 1.82) is 0 Å². The summed E-state index contributed by atoms with van der Waals surface area (Å²) in [6.07, 6.45) is 2.09. The highest BCUT2D eigenvalue weighted by atomic mass is 19.3. The molecule has 1 aliphatic heterocycles. The predicted molar refractivity (Wildman–Crippen MR) is 89.3 cm³/mol. The lowest BCUT2D eigenvalue weighted by Gasteiger charge is -2.32. The number of nitrogens with zero attached hydrogens (tertiary/aromatic N) is 2. The van der Waals surface area contributed by atoms with Gasteiger partial charge in [0, 0.05) is 37.1 Å². The molecule has 1 aromatic heterocycles. The van der Waals surface area contributed by atoms with Gasteiger partial charge in [-0.15, -0.1) is 0 Å². The maximum absolute atomic E-state index is 12.4. The van der Waals surface area contributed by atoms with Gasteiger partial charge in [-0.2, -0.15) is 0 Å². The molecule has 0 radical (unpaired) electrons. The molecule has 0 saturated carbocycles. The van der Waals surface area contributed by atoms with Gasteiger partial charge >= 0.3 is 5.69 Å². The first kappa shape index (κ1) is 17.3. The molecule has 0 bridgehead atoms. The van der Waals surface area contributed by atoms with E-state index in [0.29, 0.717) is 37.2 Å². The van der Waals surface area contributed by atoms with Crippen molar-refractivity contribution in [3.8, 4) is 5.69 Å². The molecule has 0 unspecified atom stereocenters. The molecule has 3 rings (SSSR count). The summed E-state index contributed by atoms with van der Waals surface area (Å²) < 4.78 is 26.2. The zero-order chi connectivity index (χ0) is 17.8. The van der Waals surface area contributed by atoms with Crippen LogP contribution in [0.1, 0.15) is 23.2 Å². The van der Waals surface area contributed by atoms with Gasteiger partial charge in [0.1, 0.15) is 0 Å². The Morgan fingerprint density at radius 3 is 2.72 bits per heavy atom. The molecule has 2 N–H and O–H groups in total. The van der Waals surface area contributed by atoms with Gasteiger partial charge in [0.2, 0.25) is 0 Å². The first-order valence-electron chi connectivity index (χ1n) is 8.21. The minimum Gasteiger partial charge on any atom is -0.349 e. The van der Waals surface area contributed by atoms with Crippen molar-refractivity contribution in [1.82, 2.24) is 19.8 Å². The van der Waals surface area contributed by atoms with E-state index in [1.165, 1.54) is 10.8 Å². The summed E-state index contributed by atoms with van der Waals surface area (Å²) in [7, 11) is 0. The molecule has 8 heteroatoms. The van der Waals surface area contributed by atoms with Crippen LogP contribution in [0.25, 0.3) is 5.69 Å². The van der Waals surface area contributed by atoms with Crippen LogP contribution in [0.5, 0.6) is 0 Å². The molecule has 1 fully saturated rings. The molecule has 1 aromatic carbocycles. The number of imidazole rings is 1. The Morgan fingerprint density at radius 1 is 1.32 bits per heavy atom. The van der Waals surface area contributed by atoms with Crippen LogP contribution in [0.3, 0.4) is 0 Å². The van der Waals surface area contributed by atoms with Crippen molar-refractivity contribution < 1.29 is 13.6 Å². The Balaban J connectivity index is 1.61. The third kappa shape index (κ3) is 4.33. The van der Waals surface area contributed by atoms with E-state index in [4.69, 9.17) is 0 Å². The van der Waals surface area contributed by atoms with E-state index in [1.807, 2.05) is 0 Å². The van der Waals surface area contributed by atoms with E-state index >= 15 is 0 Å². The average Bonchev–Trinajstić information content (AvgIpc) is 3.02. The van der Waals surface area contributed by atoms with Gasteiger partial charge in [0.15, 0.2) is 0 Å². The number of nitrogens with one attached hydrogen (secondary N) is 2. The number of alkyl halides is 2. The molecule has 2 aromatic rings. The van der Waals surface area contributed by atoms with Crippen molar-refractivity contribution in [2.75, 3.05) is 19.6 Å². The van der Waals surface area contributed by atoms with E-state index in [2.05, 4.69) is 10.3 Å². The van der Waals surface area contributed by atoms with E-state index in [1.54, 1.807) is 35.4 Å². The maximum atomic E-state index is 12.4. The number of aromatic amines is 1. The smallest absolute Gasteiger partial charge is 0.330 e. The molecular formula is C17H20F2N4O2. The van der Waals surface area contributed by atoms with Crippen molar-refractivity contribution >= 4 is 5.91 Å². The molecule has 6 nitrogen and oxygen atoms in total. The standard InChI is InChI=1S/C17H20F2N4O2/c18-15(19)11-22-7-4-13(5-8-22)21-16(24)12-2-1-3-14(10-12)23-9-6-20-17(23)25/h1-3,6,9-10,13,15H,4-5,7-8,11H2,(H,20,25)(H,21,24). The monoisotopic (exact) mass is 350 g/mol. The number of likely N-dealkylation sites (tertiary alicyclic amines) is 1. The number of hydrogen-bond donors (Lipinski definition) is 2. The average molecular weight is 350 g/mol. The van der Waals surface area contributed by atoms with Crippen LogP contribution in [0.15, 0.2) is 41.5 Å². The largest absolute Gasteiger partial charge is 0.349 e. The molecule has 2 heterocycles. The zero-order valence-electron chi connectivity index (χ0n) is 13.6. The van der Waals surface area contributed by atoms with Crippen molar-refractivity contribution in [2.24, 2.45) is 0 Å². The third-order valence-electron chi connectivity index (χ3n) is 4.35. The second-order valence-corrected chi connectivity index (χ2v) is 6.12. The van der Waals surface area contributed by atoms with E-state index in [-0.39, 0.29) is 24.2 Å². The van der Waals surface area contributed by atoms with Gasteiger partial charge in [0.05, 0.1) is 12.2 Å². The van der Waals surface area contributed by atoms with Crippen molar-refractivity contribution in [2.45, 2.75) is 25.3 Å². The number of benzene rings is 1. The normalized spacial score (nSPS) is 16.3. The lowest BCUT2D eigenvalue weighted by molar-refractivity contribution is 0.0696. The lowest BCUT2D eigenvalue weighted by atomic mass is 10.0. The summed E-state index contributed by atoms with van der Waals surface area (Å²) in [5.74, 6) is -0.224. The Labute approximate surface area is 143 Å². The van der Waals surface area contributed by atoms with Gasteiger partial charge < -0.3 is 10.3 Å². The van der Waals surface area contributed by atoms with Crippen LogP contribution in [-0.4, -0.2) is 52.5 Å². The van der Waals surface area contributed by atoms with Gasteiger partial charge in [0.25, 0.3) is 12.3 Å². The summed E-state index contributed by atoms with van der Waals surface area (Å²) in [6, 6.07) is 6.77. The van der Waals surface area contributed by atoms with Crippen LogP contribution in [-0.2, 0) is 0 Å². The number of aromatic nitrogens is 2. The summed E-state index contributed by atoms with van der Waals surface area (Å²) in [5, 5.41) is 2.95. The Kier molecular flexibility index (Phi) is 5.28. The quantitative estimate of drug-likeness (QED) is 0.861. The number of piperidine rings is 1. The summed E-state index contributed by atoms with van der Waals surface area (Å²) in [4.78, 5) is 28.4. The summed E-state index contributed by atoms with van der Waals surface area (Å²) >= 11 is 0. The number of rotatable bonds is 5. The minimum atomic E-state index is -2.33. The lowest BCUT2D eigenvalue weighted by Crippen LogP contribution is -2.45. The third-order valence-corrected chi connectivity index (χ3v) is 4.35. The Bertz CT molecular complexity index is 779. The predicted octanol–water partition coefficient (Wildman–Crippen LogP) is 1.62. The van der Waals surface area contributed by atoms with E-state index in [9.17, 15) is 18.4 Å². The second kappa shape index (κ2) is 7.60. The molecule has 0 atom stereocenters. The van der Waals surface area contributed by atoms with Crippen molar-refractivity contribution in [3.05, 3.63) is 52.7 Å². The number of amides is 1. The number of carbonyl (C=O) groups is 1. The van der Waals surface area contributed by atoms with E-state index in [0.717, 1.165) is 0 Å². The van der Waals surface area contributed by atoms with Crippen LogP contribution in [0, 0.1) is 0 Å². The second-order valence-electron chi connectivity index (χ2n) is 6.12. The molecule has 1 aliphatic rings. The highest BCUT2D eigenvalue weighted by Crippen LogP contribution is 2.14. The molecule has 0 spiro atoms.